The van der Waals surface area contributed by atoms with Crippen LogP contribution in [0.15, 0.2) is 4.99 Å². The average Bonchev–Trinajstić information content (AvgIpc) is 2.32. The molecule has 0 rings (SSSR count). The molecule has 0 bridgehead atoms. The SMILES string of the molecule is CCS(=O)(=O)NCCNC(=NC)NCCSC. The van der Waals surface area contributed by atoms with Crippen LogP contribution in [-0.4, -0.2) is 58.8 Å². The second-order valence-corrected chi connectivity index (χ2v) is 6.30. The third-order valence-electron chi connectivity index (χ3n) is 1.94. The van der Waals surface area contributed by atoms with Gasteiger partial charge < -0.3 is 10.6 Å². The number of rotatable bonds is 8. The number of sulfonamides is 1. The van der Waals surface area contributed by atoms with Crippen molar-refractivity contribution in [1.29, 1.82) is 0 Å². The number of thioether (sulfide) groups is 1. The van der Waals surface area contributed by atoms with Gasteiger partial charge >= 0.3 is 0 Å². The fraction of sp³-hybridized carbons (Fsp3) is 0.889. The first-order chi connectivity index (χ1) is 8.05. The molecule has 0 radical (unpaired) electrons. The van der Waals surface area contributed by atoms with Gasteiger partial charge in [-0.3, -0.25) is 4.99 Å². The van der Waals surface area contributed by atoms with Crippen molar-refractivity contribution < 1.29 is 8.42 Å². The third-order valence-corrected chi connectivity index (χ3v) is 3.96. The molecule has 0 aliphatic rings. The molecule has 0 atom stereocenters. The Bertz CT molecular complexity index is 317. The van der Waals surface area contributed by atoms with Crippen LogP contribution in [-0.2, 0) is 10.0 Å². The first-order valence-corrected chi connectivity index (χ1v) is 8.51. The van der Waals surface area contributed by atoms with Gasteiger partial charge in [0.1, 0.15) is 0 Å². The molecule has 0 aliphatic heterocycles. The first kappa shape index (κ1) is 16.5. The molecule has 8 heteroatoms. The predicted octanol–water partition coefficient (Wildman–Crippen LogP) is -0.546. The van der Waals surface area contributed by atoms with Crippen molar-refractivity contribution in [2.75, 3.05) is 44.4 Å². The number of hydrogen-bond donors (Lipinski definition) is 3. The highest BCUT2D eigenvalue weighted by molar-refractivity contribution is 7.98. The lowest BCUT2D eigenvalue weighted by Crippen LogP contribution is -2.42. The average molecular weight is 282 g/mol. The van der Waals surface area contributed by atoms with Gasteiger partial charge in [0.25, 0.3) is 0 Å². The minimum Gasteiger partial charge on any atom is -0.356 e. The maximum Gasteiger partial charge on any atom is 0.211 e. The molecule has 0 aromatic rings. The Balaban J connectivity index is 3.71. The molecule has 0 unspecified atom stereocenters. The van der Waals surface area contributed by atoms with E-state index in [1.165, 1.54) is 0 Å². The van der Waals surface area contributed by atoms with Gasteiger partial charge in [0, 0.05) is 32.4 Å². The summed E-state index contributed by atoms with van der Waals surface area (Å²) in [5.74, 6) is 1.80. The van der Waals surface area contributed by atoms with E-state index in [0.717, 1.165) is 12.3 Å². The number of aliphatic imine (C=N–C) groups is 1. The molecule has 0 amide bonds. The van der Waals surface area contributed by atoms with E-state index in [4.69, 9.17) is 0 Å². The van der Waals surface area contributed by atoms with E-state index < -0.39 is 10.0 Å². The van der Waals surface area contributed by atoms with Crippen LogP contribution in [0.4, 0.5) is 0 Å². The van der Waals surface area contributed by atoms with Gasteiger partial charge in [-0.05, 0) is 13.2 Å². The van der Waals surface area contributed by atoms with Gasteiger partial charge in [0.15, 0.2) is 5.96 Å². The van der Waals surface area contributed by atoms with Crippen molar-refractivity contribution in [3.05, 3.63) is 0 Å². The molecule has 3 N–H and O–H groups in total. The highest BCUT2D eigenvalue weighted by atomic mass is 32.2. The summed E-state index contributed by atoms with van der Waals surface area (Å²) in [6, 6.07) is 0. The minimum atomic E-state index is -3.10. The van der Waals surface area contributed by atoms with Crippen LogP contribution in [0, 0.1) is 0 Å². The van der Waals surface area contributed by atoms with E-state index in [2.05, 4.69) is 20.3 Å². The van der Waals surface area contributed by atoms with Crippen molar-refractivity contribution >= 4 is 27.7 Å². The van der Waals surface area contributed by atoms with Crippen molar-refractivity contribution in [3.63, 3.8) is 0 Å². The fourth-order valence-corrected chi connectivity index (χ4v) is 1.90. The van der Waals surface area contributed by atoms with Crippen molar-refractivity contribution in [3.8, 4) is 0 Å². The topological polar surface area (TPSA) is 82.6 Å². The summed E-state index contributed by atoms with van der Waals surface area (Å²) in [5.41, 5.74) is 0. The van der Waals surface area contributed by atoms with Gasteiger partial charge in [-0.25, -0.2) is 13.1 Å². The first-order valence-electron chi connectivity index (χ1n) is 5.46. The summed E-state index contributed by atoms with van der Waals surface area (Å²) >= 11 is 1.75. The molecule has 0 aromatic heterocycles. The number of hydrogen-bond acceptors (Lipinski definition) is 4. The Morgan fingerprint density at radius 3 is 2.41 bits per heavy atom. The molecule has 0 heterocycles. The molecule has 0 aromatic carbocycles. The molecule has 17 heavy (non-hydrogen) atoms. The normalized spacial score (nSPS) is 12.5. The fourth-order valence-electron chi connectivity index (χ4n) is 0.982. The molecular weight excluding hydrogens is 260 g/mol. The van der Waals surface area contributed by atoms with Gasteiger partial charge in [-0.15, -0.1) is 0 Å². The molecule has 0 saturated carbocycles. The van der Waals surface area contributed by atoms with E-state index in [9.17, 15) is 8.42 Å². The van der Waals surface area contributed by atoms with Crippen LogP contribution in [0.25, 0.3) is 0 Å². The maximum absolute atomic E-state index is 11.1. The Kier molecular flexibility index (Phi) is 9.28. The van der Waals surface area contributed by atoms with E-state index in [-0.39, 0.29) is 5.75 Å². The van der Waals surface area contributed by atoms with Gasteiger partial charge in [0.2, 0.25) is 10.0 Å². The van der Waals surface area contributed by atoms with Crippen LogP contribution < -0.4 is 15.4 Å². The highest BCUT2D eigenvalue weighted by Gasteiger charge is 2.04. The van der Waals surface area contributed by atoms with Crippen LogP contribution >= 0.6 is 11.8 Å². The lowest BCUT2D eigenvalue weighted by molar-refractivity contribution is 0.582. The predicted molar refractivity (Wildman–Crippen MR) is 75.2 cm³/mol. The van der Waals surface area contributed by atoms with Crippen LogP contribution in [0.5, 0.6) is 0 Å². The molecule has 0 fully saturated rings. The standard InChI is InChI=1S/C9H22N4O2S2/c1-4-17(14,15)13-6-5-11-9(10-2)12-7-8-16-3/h13H,4-8H2,1-3H3,(H2,10,11,12). The zero-order valence-corrected chi connectivity index (χ0v) is 12.2. The third kappa shape index (κ3) is 9.25. The number of nitrogens with one attached hydrogen (secondary N) is 3. The van der Waals surface area contributed by atoms with Crippen LogP contribution in [0.1, 0.15) is 6.92 Å². The Morgan fingerprint density at radius 2 is 1.88 bits per heavy atom. The smallest absolute Gasteiger partial charge is 0.211 e. The zero-order valence-electron chi connectivity index (χ0n) is 10.6. The van der Waals surface area contributed by atoms with E-state index >= 15 is 0 Å². The Hall–Kier alpha value is -0.470. The monoisotopic (exact) mass is 282 g/mol. The highest BCUT2D eigenvalue weighted by Crippen LogP contribution is 1.86. The molecule has 0 spiro atoms. The van der Waals surface area contributed by atoms with Gasteiger partial charge in [-0.2, -0.15) is 11.8 Å². The molecular formula is C9H22N4O2S2. The maximum atomic E-state index is 11.1. The Morgan fingerprint density at radius 1 is 1.24 bits per heavy atom. The molecule has 0 aliphatic carbocycles. The van der Waals surface area contributed by atoms with Crippen molar-refractivity contribution in [2.45, 2.75) is 6.92 Å². The summed E-state index contributed by atoms with van der Waals surface area (Å²) in [6.45, 7) is 3.32. The summed E-state index contributed by atoms with van der Waals surface area (Å²) in [7, 11) is -1.41. The summed E-state index contributed by atoms with van der Waals surface area (Å²) < 4.78 is 24.8. The summed E-state index contributed by atoms with van der Waals surface area (Å²) in [4.78, 5) is 4.02. The Labute approximate surface area is 108 Å². The summed E-state index contributed by atoms with van der Waals surface area (Å²) in [6.07, 6.45) is 2.04. The molecule has 102 valence electrons. The number of guanidine groups is 1. The quantitative estimate of drug-likeness (QED) is 0.316. The van der Waals surface area contributed by atoms with Crippen molar-refractivity contribution in [1.82, 2.24) is 15.4 Å². The van der Waals surface area contributed by atoms with E-state index in [0.29, 0.717) is 19.0 Å². The van der Waals surface area contributed by atoms with Crippen LogP contribution in [0.3, 0.4) is 0 Å². The van der Waals surface area contributed by atoms with Crippen molar-refractivity contribution in [2.24, 2.45) is 4.99 Å². The molecule has 6 nitrogen and oxygen atoms in total. The van der Waals surface area contributed by atoms with Crippen LogP contribution in [0.2, 0.25) is 0 Å². The molecule has 0 saturated heterocycles. The second-order valence-electron chi connectivity index (χ2n) is 3.22. The lowest BCUT2D eigenvalue weighted by Gasteiger charge is -2.11. The van der Waals surface area contributed by atoms with Gasteiger partial charge in [-0.1, -0.05) is 0 Å². The minimum absolute atomic E-state index is 0.105. The number of nitrogens with zero attached hydrogens (tertiary/aromatic N) is 1. The largest absolute Gasteiger partial charge is 0.356 e. The van der Waals surface area contributed by atoms with E-state index in [1.807, 2.05) is 6.26 Å². The summed E-state index contributed by atoms with van der Waals surface area (Å²) in [5, 5.41) is 6.15. The lowest BCUT2D eigenvalue weighted by atomic mass is 10.6. The van der Waals surface area contributed by atoms with Gasteiger partial charge in [0.05, 0.1) is 5.75 Å². The zero-order chi connectivity index (χ0) is 13.1. The second kappa shape index (κ2) is 9.55. The van der Waals surface area contributed by atoms with E-state index in [1.54, 1.807) is 25.7 Å².